The summed E-state index contributed by atoms with van der Waals surface area (Å²) in [6.07, 6.45) is 0. The van der Waals surface area contributed by atoms with Crippen molar-refractivity contribution in [3.63, 3.8) is 0 Å². The van der Waals surface area contributed by atoms with Gasteiger partial charge >= 0.3 is 41.3 Å². The van der Waals surface area contributed by atoms with Crippen molar-refractivity contribution < 1.29 is 46.8 Å². The first-order valence-corrected chi connectivity index (χ1v) is 0.854. The van der Waals surface area contributed by atoms with Gasteiger partial charge in [-0.15, -0.1) is 0 Å². The largest absolute Gasteiger partial charge is 2.00 e. The Hall–Kier alpha value is 1.01. The van der Waals surface area contributed by atoms with Crippen molar-refractivity contribution >= 4 is 0 Å². The van der Waals surface area contributed by atoms with Gasteiger partial charge in [-0.05, 0) is 0 Å². The Labute approximate surface area is 47.0 Å². The zero-order valence-electron chi connectivity index (χ0n) is 1.88. The molecule has 0 aromatic carbocycles. The van der Waals surface area contributed by atoms with E-state index in [0.29, 0.717) is 0 Å². The van der Waals surface area contributed by atoms with Crippen LogP contribution in [0.4, 0.5) is 0 Å². The molecule has 21 valence electrons. The van der Waals surface area contributed by atoms with E-state index >= 15 is 0 Å². The molecule has 0 heterocycles. The molecule has 0 aromatic heterocycles. The molecule has 0 N–H and O–H groups in total. The van der Waals surface area contributed by atoms with Gasteiger partial charge in [-0.25, -0.2) is 0 Å². The minimum absolute atomic E-state index is 0. The van der Waals surface area contributed by atoms with E-state index in [0.717, 1.165) is 18.3 Å². The van der Waals surface area contributed by atoms with Crippen LogP contribution in [0.5, 0.6) is 0 Å². The SMILES string of the molecule is [O-2].[O]=[Ru+].[Zn+2]. The van der Waals surface area contributed by atoms with Crippen molar-refractivity contribution in [1.82, 2.24) is 0 Å². The van der Waals surface area contributed by atoms with E-state index in [9.17, 15) is 0 Å². The fraction of sp³-hybridized carbons (Fsp3) is 0. The van der Waals surface area contributed by atoms with Gasteiger partial charge in [-0.1, -0.05) is 0 Å². The van der Waals surface area contributed by atoms with E-state index in [4.69, 9.17) is 3.57 Å². The van der Waals surface area contributed by atoms with Crippen molar-refractivity contribution in [2.75, 3.05) is 0 Å². The van der Waals surface area contributed by atoms with Crippen LogP contribution in [-0.2, 0) is 46.8 Å². The molecule has 0 amide bonds. The summed E-state index contributed by atoms with van der Waals surface area (Å²) in [5.74, 6) is 0. The van der Waals surface area contributed by atoms with E-state index in [-0.39, 0.29) is 25.0 Å². The van der Waals surface area contributed by atoms with Crippen LogP contribution in [0, 0.1) is 0 Å². The summed E-state index contributed by atoms with van der Waals surface area (Å²) < 4.78 is 8.18. The molecule has 0 saturated heterocycles. The first-order valence-electron chi connectivity index (χ1n) is 0.144. The summed E-state index contributed by atoms with van der Waals surface area (Å²) in [4.78, 5) is 0. The summed E-state index contributed by atoms with van der Waals surface area (Å²) in [6.45, 7) is 0. The van der Waals surface area contributed by atoms with E-state index < -0.39 is 0 Å². The van der Waals surface area contributed by atoms with E-state index in [1.54, 1.807) is 0 Å². The Morgan fingerprint density at radius 1 is 1.25 bits per heavy atom. The third-order valence-electron chi connectivity index (χ3n) is 0. The molecule has 0 radical (unpaired) electrons. The fourth-order valence-electron chi connectivity index (χ4n) is 0. The summed E-state index contributed by atoms with van der Waals surface area (Å²) in [5.41, 5.74) is 0. The molecule has 0 saturated carbocycles. The third-order valence-corrected chi connectivity index (χ3v) is 0. The molecule has 0 spiro atoms. The van der Waals surface area contributed by atoms with Crippen molar-refractivity contribution in [2.45, 2.75) is 0 Å². The summed E-state index contributed by atoms with van der Waals surface area (Å²) in [5, 5.41) is 0. The molecule has 0 rings (SSSR count). The number of rotatable bonds is 0. The average Bonchev–Trinajstić information content (AvgIpc) is 1.00. The summed E-state index contributed by atoms with van der Waals surface area (Å²) in [7, 11) is 0. The monoisotopic (exact) mass is 198 g/mol. The van der Waals surface area contributed by atoms with Crippen molar-refractivity contribution in [2.24, 2.45) is 0 Å². The van der Waals surface area contributed by atoms with Gasteiger partial charge in [-0.2, -0.15) is 0 Å². The molecule has 4 heavy (non-hydrogen) atoms. The molecule has 2 nitrogen and oxygen atoms in total. The van der Waals surface area contributed by atoms with Crippen LogP contribution in [0.3, 0.4) is 0 Å². The van der Waals surface area contributed by atoms with Crippen LogP contribution >= 0.6 is 0 Å². The minimum Gasteiger partial charge on any atom is 2.00 e. The Morgan fingerprint density at radius 3 is 1.25 bits per heavy atom. The van der Waals surface area contributed by atoms with Crippen LogP contribution in [-0.4, -0.2) is 0 Å². The maximum Gasteiger partial charge on any atom is 2.00 e. The van der Waals surface area contributed by atoms with E-state index in [1.165, 1.54) is 0 Å². The van der Waals surface area contributed by atoms with Gasteiger partial charge in [0.25, 0.3) is 0 Å². The molecule has 0 aliphatic heterocycles. The van der Waals surface area contributed by atoms with Gasteiger partial charge in [0.15, 0.2) is 0 Å². The van der Waals surface area contributed by atoms with Crippen LogP contribution in [0.25, 0.3) is 0 Å². The number of hydrogen-bond donors (Lipinski definition) is 0. The van der Waals surface area contributed by atoms with Gasteiger partial charge in [0, 0.05) is 0 Å². The topological polar surface area (TPSA) is 45.6 Å². The van der Waals surface area contributed by atoms with Gasteiger partial charge < -0.3 is 5.48 Å². The maximum absolute atomic E-state index is 8.18. The smallest absolute Gasteiger partial charge is 2.00 e. The third kappa shape index (κ3) is 11.9. The normalized spacial score (nSPS) is 1.00. The standard InChI is InChI=1S/2O.Ru.Zn/q;-2;+1;+2. The molecule has 0 unspecified atom stereocenters. The molecule has 0 aliphatic rings. The van der Waals surface area contributed by atoms with E-state index in [2.05, 4.69) is 0 Å². The molecule has 4 heteroatoms. The van der Waals surface area contributed by atoms with Gasteiger partial charge in [0.05, 0.1) is 0 Å². The van der Waals surface area contributed by atoms with Gasteiger partial charge in [-0.3, -0.25) is 0 Å². The second kappa shape index (κ2) is 35.7. The Morgan fingerprint density at radius 2 is 1.25 bits per heavy atom. The summed E-state index contributed by atoms with van der Waals surface area (Å²) in [6, 6.07) is 0. The van der Waals surface area contributed by atoms with Crippen molar-refractivity contribution in [3.8, 4) is 0 Å². The fourth-order valence-corrected chi connectivity index (χ4v) is 0. The quantitative estimate of drug-likeness (QED) is 0.496. The van der Waals surface area contributed by atoms with Gasteiger partial charge in [0.1, 0.15) is 0 Å². The predicted molar refractivity (Wildman–Crippen MR) is 1.37 cm³/mol. The van der Waals surface area contributed by atoms with Crippen LogP contribution in [0.2, 0.25) is 0 Å². The first kappa shape index (κ1) is 20.0. The molecule has 0 aliphatic carbocycles. The van der Waals surface area contributed by atoms with Crippen LogP contribution < -0.4 is 0 Å². The minimum atomic E-state index is 0. The zero-order chi connectivity index (χ0) is 2.00. The zero-order valence-corrected chi connectivity index (χ0v) is 6.58. The van der Waals surface area contributed by atoms with Crippen molar-refractivity contribution in [1.29, 1.82) is 0 Å². The Balaban J connectivity index is -0.00000000500. The molecular formula is O2RuZn+. The maximum atomic E-state index is 8.18. The first-order chi connectivity index (χ1) is 1.00. The summed E-state index contributed by atoms with van der Waals surface area (Å²) >= 11 is 1.10. The Bertz CT molecular complexity index is 6.00. The average molecular weight is 198 g/mol. The van der Waals surface area contributed by atoms with Crippen LogP contribution in [0.1, 0.15) is 0 Å². The molecule has 0 aromatic rings. The molecule has 0 fully saturated rings. The van der Waals surface area contributed by atoms with E-state index in [1.807, 2.05) is 0 Å². The predicted octanol–water partition coefficient (Wildman–Crippen LogP) is -0.243. The Kier molecular flexibility index (Phi) is 178. The molecule has 0 bridgehead atoms. The molecule has 0 atom stereocenters. The second-order valence-electron chi connectivity index (χ2n) is 0. The van der Waals surface area contributed by atoms with Crippen molar-refractivity contribution in [3.05, 3.63) is 0 Å². The van der Waals surface area contributed by atoms with Crippen LogP contribution in [0.15, 0.2) is 0 Å². The number of hydrogen-bond acceptors (Lipinski definition) is 1. The van der Waals surface area contributed by atoms with Gasteiger partial charge in [0.2, 0.25) is 0 Å². The molecular weight excluding hydrogens is 198 g/mol. The second-order valence-corrected chi connectivity index (χ2v) is 0.